The summed E-state index contributed by atoms with van der Waals surface area (Å²) < 4.78 is 28.6. The second-order valence-electron chi connectivity index (χ2n) is 8.95. The molecule has 0 saturated carbocycles. The maximum atomic E-state index is 13.9. The first-order valence-corrected chi connectivity index (χ1v) is 14.3. The van der Waals surface area contributed by atoms with Gasteiger partial charge in [0.25, 0.3) is 10.0 Å². The van der Waals surface area contributed by atoms with E-state index in [0.29, 0.717) is 27.8 Å². The summed E-state index contributed by atoms with van der Waals surface area (Å²) in [6.07, 6.45) is 0. The monoisotopic (exact) mass is 575 g/mol. The van der Waals surface area contributed by atoms with Gasteiger partial charge in [0.05, 0.1) is 10.6 Å². The molecule has 0 spiro atoms. The highest BCUT2D eigenvalue weighted by Crippen LogP contribution is 2.28. The van der Waals surface area contributed by atoms with Crippen molar-refractivity contribution in [1.82, 2.24) is 10.2 Å². The third kappa shape index (κ3) is 6.87. The molecule has 3 rings (SSSR count). The number of amides is 2. The Hall–Kier alpha value is -3.07. The number of carbonyl (C=O) groups excluding carboxylic acids is 2. The van der Waals surface area contributed by atoms with Crippen LogP contribution in [0.25, 0.3) is 0 Å². The van der Waals surface area contributed by atoms with E-state index in [1.165, 1.54) is 17.0 Å². The van der Waals surface area contributed by atoms with Gasteiger partial charge in [0.15, 0.2) is 0 Å². The predicted molar refractivity (Wildman–Crippen MR) is 152 cm³/mol. The normalized spacial score (nSPS) is 12.1. The molecule has 0 bridgehead atoms. The van der Waals surface area contributed by atoms with Crippen molar-refractivity contribution < 1.29 is 18.0 Å². The van der Waals surface area contributed by atoms with Gasteiger partial charge in [-0.05, 0) is 64.1 Å². The molecule has 10 heteroatoms. The Morgan fingerprint density at radius 2 is 1.42 bits per heavy atom. The van der Waals surface area contributed by atoms with Crippen molar-refractivity contribution in [3.8, 4) is 0 Å². The van der Waals surface area contributed by atoms with Crippen LogP contribution in [0.5, 0.6) is 0 Å². The van der Waals surface area contributed by atoms with Gasteiger partial charge in [-0.1, -0.05) is 64.7 Å². The molecule has 0 heterocycles. The Balaban J connectivity index is 2.06. The van der Waals surface area contributed by atoms with Gasteiger partial charge >= 0.3 is 0 Å². The molecule has 3 aromatic rings. The molecule has 0 aliphatic heterocycles. The largest absolute Gasteiger partial charge is 0.355 e. The molecule has 2 amide bonds. The number of aryl methyl sites for hydroxylation is 2. The molecular weight excluding hydrogens is 545 g/mol. The van der Waals surface area contributed by atoms with Crippen LogP contribution in [-0.2, 0) is 26.2 Å². The summed E-state index contributed by atoms with van der Waals surface area (Å²) in [7, 11) is -4.12. The van der Waals surface area contributed by atoms with E-state index in [-0.39, 0.29) is 17.3 Å². The number of likely N-dealkylation sites (N-methyl/N-ethyl adjacent to an activating group) is 1. The van der Waals surface area contributed by atoms with E-state index < -0.39 is 28.5 Å². The zero-order valence-electron chi connectivity index (χ0n) is 21.7. The average molecular weight is 577 g/mol. The lowest BCUT2D eigenvalue weighted by molar-refractivity contribution is -0.139. The van der Waals surface area contributed by atoms with E-state index >= 15 is 0 Å². The second-order valence-corrected chi connectivity index (χ2v) is 11.6. The Labute approximate surface area is 234 Å². The third-order valence-electron chi connectivity index (χ3n) is 6.12. The molecule has 0 aliphatic rings. The van der Waals surface area contributed by atoms with E-state index in [4.69, 9.17) is 23.2 Å². The lowest BCUT2D eigenvalue weighted by Crippen LogP contribution is -2.51. The maximum Gasteiger partial charge on any atom is 0.264 e. The first-order valence-electron chi connectivity index (χ1n) is 12.1. The van der Waals surface area contributed by atoms with E-state index in [1.54, 1.807) is 68.4 Å². The number of hydrogen-bond acceptors (Lipinski definition) is 4. The number of nitrogens with one attached hydrogen (secondary N) is 1. The molecule has 202 valence electrons. The number of nitrogens with zero attached hydrogens (tertiary/aromatic N) is 2. The third-order valence-corrected chi connectivity index (χ3v) is 8.61. The number of anilines is 1. The highest BCUT2D eigenvalue weighted by molar-refractivity contribution is 7.92. The molecule has 7 nitrogen and oxygen atoms in total. The average Bonchev–Trinajstić information content (AvgIpc) is 2.87. The van der Waals surface area contributed by atoms with Crippen LogP contribution >= 0.6 is 23.2 Å². The smallest absolute Gasteiger partial charge is 0.264 e. The Bertz CT molecular complexity index is 1370. The van der Waals surface area contributed by atoms with Gasteiger partial charge in [0.2, 0.25) is 11.8 Å². The molecule has 0 saturated heterocycles. The first kappa shape index (κ1) is 29.5. The Kier molecular flexibility index (Phi) is 9.82. The fourth-order valence-electron chi connectivity index (χ4n) is 3.84. The van der Waals surface area contributed by atoms with Gasteiger partial charge < -0.3 is 10.2 Å². The van der Waals surface area contributed by atoms with E-state index in [9.17, 15) is 18.0 Å². The van der Waals surface area contributed by atoms with Gasteiger partial charge in [-0.25, -0.2) is 8.42 Å². The zero-order valence-corrected chi connectivity index (χ0v) is 24.1. The summed E-state index contributed by atoms with van der Waals surface area (Å²) in [4.78, 5) is 28.0. The zero-order chi connectivity index (χ0) is 28.0. The number of benzene rings is 3. The highest BCUT2D eigenvalue weighted by atomic mass is 35.5. The van der Waals surface area contributed by atoms with Crippen LogP contribution in [0.2, 0.25) is 10.0 Å². The Morgan fingerprint density at radius 3 is 1.95 bits per heavy atom. The molecule has 1 N–H and O–H groups in total. The van der Waals surface area contributed by atoms with Gasteiger partial charge in [0, 0.05) is 28.7 Å². The number of halogens is 2. The van der Waals surface area contributed by atoms with Crippen molar-refractivity contribution >= 4 is 50.7 Å². The van der Waals surface area contributed by atoms with Crippen molar-refractivity contribution in [1.29, 1.82) is 0 Å². The number of rotatable bonds is 10. The van der Waals surface area contributed by atoms with E-state index in [1.807, 2.05) is 13.8 Å². The Morgan fingerprint density at radius 1 is 0.895 bits per heavy atom. The minimum absolute atomic E-state index is 0.0500. The molecular formula is C28H31Cl2N3O4S. The fraction of sp³-hybridized carbons (Fsp3) is 0.286. The fourth-order valence-corrected chi connectivity index (χ4v) is 5.77. The minimum atomic E-state index is -4.12. The molecule has 0 aromatic heterocycles. The van der Waals surface area contributed by atoms with Crippen molar-refractivity contribution in [3.05, 3.63) is 93.5 Å². The van der Waals surface area contributed by atoms with Crippen LogP contribution in [-0.4, -0.2) is 44.3 Å². The summed E-state index contributed by atoms with van der Waals surface area (Å²) in [5, 5.41) is 3.39. The molecule has 0 unspecified atom stereocenters. The molecule has 0 radical (unpaired) electrons. The second kappa shape index (κ2) is 12.7. The lowest BCUT2D eigenvalue weighted by atomic mass is 10.1. The van der Waals surface area contributed by atoms with Crippen molar-refractivity contribution in [2.75, 3.05) is 17.4 Å². The van der Waals surface area contributed by atoms with Gasteiger partial charge in [-0.15, -0.1) is 0 Å². The van der Waals surface area contributed by atoms with E-state index in [0.717, 1.165) is 15.4 Å². The van der Waals surface area contributed by atoms with Gasteiger partial charge in [-0.3, -0.25) is 13.9 Å². The van der Waals surface area contributed by atoms with Crippen LogP contribution in [0.15, 0.2) is 71.6 Å². The molecule has 38 heavy (non-hydrogen) atoms. The van der Waals surface area contributed by atoms with Gasteiger partial charge in [-0.2, -0.15) is 0 Å². The molecule has 0 fully saturated rings. The lowest BCUT2D eigenvalue weighted by Gasteiger charge is -2.32. The van der Waals surface area contributed by atoms with Crippen molar-refractivity contribution in [3.63, 3.8) is 0 Å². The minimum Gasteiger partial charge on any atom is -0.355 e. The van der Waals surface area contributed by atoms with Crippen LogP contribution < -0.4 is 9.62 Å². The highest BCUT2D eigenvalue weighted by Gasteiger charge is 2.33. The number of sulfonamides is 1. The topological polar surface area (TPSA) is 86.8 Å². The summed E-state index contributed by atoms with van der Waals surface area (Å²) >= 11 is 12.8. The van der Waals surface area contributed by atoms with Crippen LogP contribution in [0.4, 0.5) is 5.69 Å². The SMILES string of the molecule is CCNC(=O)[C@@H](C)N(Cc1c(Cl)cccc1Cl)C(=O)CN(c1ccc(C)cc1)S(=O)(=O)c1ccc(C)cc1. The van der Waals surface area contributed by atoms with Crippen LogP contribution in [0, 0.1) is 13.8 Å². The predicted octanol–water partition coefficient (Wildman–Crippen LogP) is 5.36. The molecule has 0 aliphatic carbocycles. The number of carbonyl (C=O) groups is 2. The molecule has 1 atom stereocenters. The van der Waals surface area contributed by atoms with Crippen LogP contribution in [0.3, 0.4) is 0 Å². The van der Waals surface area contributed by atoms with Gasteiger partial charge in [0.1, 0.15) is 12.6 Å². The summed E-state index contributed by atoms with van der Waals surface area (Å²) in [5.74, 6) is -0.969. The summed E-state index contributed by atoms with van der Waals surface area (Å²) in [6, 6.07) is 17.3. The van der Waals surface area contributed by atoms with Crippen molar-refractivity contribution in [2.45, 2.75) is 45.2 Å². The summed E-state index contributed by atoms with van der Waals surface area (Å²) in [6.45, 7) is 6.85. The first-order chi connectivity index (χ1) is 17.9. The summed E-state index contributed by atoms with van der Waals surface area (Å²) in [5.41, 5.74) is 2.63. The number of hydrogen-bond donors (Lipinski definition) is 1. The molecule has 3 aromatic carbocycles. The standard InChI is InChI=1S/C28H31Cl2N3O4S/c1-5-31-28(35)21(4)32(17-24-25(29)7-6-8-26(24)30)27(34)18-33(22-13-9-19(2)10-14-22)38(36,37)23-15-11-20(3)12-16-23/h6-16,21H,5,17-18H2,1-4H3,(H,31,35)/t21-/m1/s1. The maximum absolute atomic E-state index is 13.9. The van der Waals surface area contributed by atoms with Crippen LogP contribution in [0.1, 0.15) is 30.5 Å². The van der Waals surface area contributed by atoms with E-state index in [2.05, 4.69) is 5.32 Å². The van der Waals surface area contributed by atoms with Crippen molar-refractivity contribution in [2.24, 2.45) is 0 Å². The quantitative estimate of drug-likeness (QED) is 0.352.